The Morgan fingerprint density at radius 3 is 2.74 bits per heavy atom. The van der Waals surface area contributed by atoms with Gasteiger partial charge in [0.15, 0.2) is 9.84 Å². The fraction of sp³-hybridized carbons (Fsp3) is 0.583. The highest BCUT2D eigenvalue weighted by molar-refractivity contribution is 7.91. The summed E-state index contributed by atoms with van der Waals surface area (Å²) in [5.41, 5.74) is 0.765. The van der Waals surface area contributed by atoms with E-state index in [1.807, 2.05) is 11.8 Å². The molecule has 0 spiro atoms. The molecule has 2 rings (SSSR count). The zero-order valence-corrected chi connectivity index (χ0v) is 11.7. The summed E-state index contributed by atoms with van der Waals surface area (Å²) in [5, 5.41) is 3.14. The van der Waals surface area contributed by atoms with Gasteiger partial charge in [-0.25, -0.2) is 17.8 Å². The molecule has 1 N–H and O–H groups in total. The fourth-order valence-electron chi connectivity index (χ4n) is 2.07. The van der Waals surface area contributed by atoms with Gasteiger partial charge in [0.1, 0.15) is 11.6 Å². The molecule has 0 atom stereocenters. The summed E-state index contributed by atoms with van der Waals surface area (Å²) >= 11 is 0. The van der Waals surface area contributed by atoms with Gasteiger partial charge < -0.3 is 10.2 Å². The van der Waals surface area contributed by atoms with E-state index < -0.39 is 9.84 Å². The highest BCUT2D eigenvalue weighted by Gasteiger charge is 2.24. The van der Waals surface area contributed by atoms with E-state index in [4.69, 9.17) is 0 Å². The topological polar surface area (TPSA) is 62.3 Å². The van der Waals surface area contributed by atoms with Crippen molar-refractivity contribution in [2.75, 3.05) is 36.0 Å². The minimum Gasteiger partial charge on any atom is -0.354 e. The van der Waals surface area contributed by atoms with Crippen LogP contribution in [0.2, 0.25) is 0 Å². The molecule has 2 heterocycles. The van der Waals surface area contributed by atoms with E-state index in [1.54, 1.807) is 0 Å². The normalized spacial score (nSPS) is 18.5. The summed E-state index contributed by atoms with van der Waals surface area (Å²) in [6.45, 7) is 4.12. The Labute approximate surface area is 112 Å². The van der Waals surface area contributed by atoms with E-state index in [0.717, 1.165) is 12.1 Å². The lowest BCUT2D eigenvalue weighted by Crippen LogP contribution is -2.41. The molecule has 0 saturated carbocycles. The molecule has 1 aliphatic heterocycles. The number of aromatic nitrogens is 1. The van der Waals surface area contributed by atoms with Gasteiger partial charge in [0.25, 0.3) is 0 Å². The molecular weight excluding hydrogens is 269 g/mol. The zero-order valence-electron chi connectivity index (χ0n) is 10.9. The molecule has 106 valence electrons. The number of sulfone groups is 1. The predicted molar refractivity (Wildman–Crippen MR) is 72.4 cm³/mol. The number of rotatable bonds is 4. The van der Waals surface area contributed by atoms with Crippen LogP contribution in [-0.2, 0) is 16.4 Å². The Kier molecular flexibility index (Phi) is 4.36. The van der Waals surface area contributed by atoms with Gasteiger partial charge in [-0.1, -0.05) is 6.92 Å². The van der Waals surface area contributed by atoms with Gasteiger partial charge in [0.05, 0.1) is 17.7 Å². The number of hydrogen-bond donors (Lipinski definition) is 1. The number of nitrogens with zero attached hydrogens (tertiary/aromatic N) is 2. The van der Waals surface area contributed by atoms with E-state index in [2.05, 4.69) is 10.3 Å². The van der Waals surface area contributed by atoms with E-state index >= 15 is 0 Å². The molecule has 1 saturated heterocycles. The summed E-state index contributed by atoms with van der Waals surface area (Å²) in [6.07, 6.45) is 1.17. The van der Waals surface area contributed by atoms with Gasteiger partial charge in [-0.2, -0.15) is 0 Å². The van der Waals surface area contributed by atoms with Crippen LogP contribution in [0, 0.1) is 5.82 Å². The number of nitrogens with one attached hydrogen (secondary N) is 1. The second-order valence-corrected chi connectivity index (χ2v) is 6.86. The first kappa shape index (κ1) is 14.2. The van der Waals surface area contributed by atoms with Crippen molar-refractivity contribution < 1.29 is 12.8 Å². The highest BCUT2D eigenvalue weighted by Crippen LogP contribution is 2.20. The molecule has 1 aromatic rings. The lowest BCUT2D eigenvalue weighted by atomic mass is 10.2. The van der Waals surface area contributed by atoms with Gasteiger partial charge in [0.2, 0.25) is 0 Å². The average Bonchev–Trinajstić information content (AvgIpc) is 2.37. The van der Waals surface area contributed by atoms with Crippen LogP contribution in [0.5, 0.6) is 0 Å². The van der Waals surface area contributed by atoms with Crippen LogP contribution in [0.4, 0.5) is 10.2 Å². The van der Waals surface area contributed by atoms with Crippen molar-refractivity contribution in [3.8, 4) is 0 Å². The molecule has 0 bridgehead atoms. The fourth-order valence-corrected chi connectivity index (χ4v) is 3.27. The van der Waals surface area contributed by atoms with Crippen LogP contribution in [-0.4, -0.2) is 44.5 Å². The molecule has 7 heteroatoms. The third-order valence-electron chi connectivity index (χ3n) is 3.12. The Hall–Kier alpha value is -1.21. The molecule has 0 aliphatic carbocycles. The van der Waals surface area contributed by atoms with Crippen LogP contribution in [0.15, 0.2) is 12.3 Å². The minimum atomic E-state index is -2.92. The van der Waals surface area contributed by atoms with E-state index in [1.165, 1.54) is 12.3 Å². The maximum absolute atomic E-state index is 13.3. The zero-order chi connectivity index (χ0) is 13.9. The number of pyridine rings is 1. The Morgan fingerprint density at radius 2 is 2.11 bits per heavy atom. The van der Waals surface area contributed by atoms with Gasteiger partial charge in [-0.15, -0.1) is 0 Å². The average molecular weight is 287 g/mol. The number of halogens is 1. The van der Waals surface area contributed by atoms with Gasteiger partial charge in [-0.05, 0) is 12.6 Å². The quantitative estimate of drug-likeness (QED) is 0.877. The van der Waals surface area contributed by atoms with Gasteiger partial charge in [0, 0.05) is 25.2 Å². The SMILES string of the molecule is CCNCc1cc(F)cnc1N1CCS(=O)(=O)CC1. The predicted octanol–water partition coefficient (Wildman–Crippen LogP) is 0.565. The molecule has 19 heavy (non-hydrogen) atoms. The maximum atomic E-state index is 13.3. The first-order chi connectivity index (χ1) is 9.02. The molecule has 1 fully saturated rings. The van der Waals surface area contributed by atoms with Crippen LogP contribution in [0.1, 0.15) is 12.5 Å². The highest BCUT2D eigenvalue weighted by atomic mass is 32.2. The first-order valence-corrected chi connectivity index (χ1v) is 8.14. The van der Waals surface area contributed by atoms with Gasteiger partial charge >= 0.3 is 0 Å². The second kappa shape index (κ2) is 5.83. The second-order valence-electron chi connectivity index (χ2n) is 4.56. The van der Waals surface area contributed by atoms with Crippen LogP contribution >= 0.6 is 0 Å². The van der Waals surface area contributed by atoms with Crippen LogP contribution in [0.25, 0.3) is 0 Å². The Balaban J connectivity index is 2.19. The van der Waals surface area contributed by atoms with Crippen LogP contribution < -0.4 is 10.2 Å². The van der Waals surface area contributed by atoms with E-state index in [-0.39, 0.29) is 17.3 Å². The summed E-state index contributed by atoms with van der Waals surface area (Å²) in [5.74, 6) is 0.567. The molecule has 0 unspecified atom stereocenters. The minimum absolute atomic E-state index is 0.132. The van der Waals surface area contributed by atoms with Crippen molar-refractivity contribution in [2.45, 2.75) is 13.5 Å². The van der Waals surface area contributed by atoms with Crippen molar-refractivity contribution in [1.82, 2.24) is 10.3 Å². The third-order valence-corrected chi connectivity index (χ3v) is 4.73. The molecule has 1 aliphatic rings. The van der Waals surface area contributed by atoms with Crippen molar-refractivity contribution in [1.29, 1.82) is 0 Å². The summed E-state index contributed by atoms with van der Waals surface area (Å²) in [6, 6.07) is 1.45. The molecule has 0 amide bonds. The first-order valence-electron chi connectivity index (χ1n) is 6.32. The lowest BCUT2D eigenvalue weighted by molar-refractivity contribution is 0.584. The van der Waals surface area contributed by atoms with E-state index in [9.17, 15) is 12.8 Å². The molecule has 5 nitrogen and oxygen atoms in total. The summed E-state index contributed by atoms with van der Waals surface area (Å²) in [7, 11) is -2.92. The number of hydrogen-bond acceptors (Lipinski definition) is 5. The molecular formula is C12H18FN3O2S. The summed E-state index contributed by atoms with van der Waals surface area (Å²) in [4.78, 5) is 6.03. The Bertz CT molecular complexity index is 534. The Morgan fingerprint density at radius 1 is 1.42 bits per heavy atom. The van der Waals surface area contributed by atoms with Crippen molar-refractivity contribution in [3.63, 3.8) is 0 Å². The largest absolute Gasteiger partial charge is 0.354 e. The van der Waals surface area contributed by atoms with Crippen molar-refractivity contribution >= 4 is 15.7 Å². The lowest BCUT2D eigenvalue weighted by Gasteiger charge is -2.29. The van der Waals surface area contributed by atoms with E-state index in [0.29, 0.717) is 25.5 Å². The molecule has 1 aromatic heterocycles. The van der Waals surface area contributed by atoms with Crippen LogP contribution in [0.3, 0.4) is 0 Å². The molecule has 0 radical (unpaired) electrons. The monoisotopic (exact) mass is 287 g/mol. The number of anilines is 1. The maximum Gasteiger partial charge on any atom is 0.153 e. The van der Waals surface area contributed by atoms with Crippen molar-refractivity contribution in [3.05, 3.63) is 23.6 Å². The van der Waals surface area contributed by atoms with Gasteiger partial charge in [-0.3, -0.25) is 0 Å². The third kappa shape index (κ3) is 3.63. The summed E-state index contributed by atoms with van der Waals surface area (Å²) < 4.78 is 36.1. The molecule has 0 aromatic carbocycles. The smallest absolute Gasteiger partial charge is 0.153 e. The van der Waals surface area contributed by atoms with Crippen molar-refractivity contribution in [2.24, 2.45) is 0 Å². The standard InChI is InChI=1S/C12H18FN3O2S/c1-2-14-8-10-7-11(13)9-15-12(10)16-3-5-19(17,18)6-4-16/h7,9,14H,2-6,8H2,1H3.